The van der Waals surface area contributed by atoms with Gasteiger partial charge in [0.1, 0.15) is 0 Å². The molecule has 20 heavy (non-hydrogen) atoms. The Hall–Kier alpha value is -1.84. The molecule has 1 atom stereocenters. The molecule has 0 bridgehead atoms. The number of benzene rings is 2. The highest BCUT2D eigenvalue weighted by atomic mass is 35.5. The lowest BCUT2D eigenvalue weighted by atomic mass is 10.00. The van der Waals surface area contributed by atoms with E-state index in [1.165, 1.54) is 0 Å². The minimum absolute atomic E-state index is 0.313. The summed E-state index contributed by atoms with van der Waals surface area (Å²) in [6.45, 7) is 1.93. The van der Waals surface area contributed by atoms with Crippen molar-refractivity contribution in [2.75, 3.05) is 0 Å². The van der Waals surface area contributed by atoms with Crippen molar-refractivity contribution in [1.29, 1.82) is 0 Å². The van der Waals surface area contributed by atoms with E-state index in [0.29, 0.717) is 17.0 Å². The van der Waals surface area contributed by atoms with Gasteiger partial charge in [0.25, 0.3) is 0 Å². The fourth-order valence-corrected chi connectivity index (χ4v) is 2.30. The van der Waals surface area contributed by atoms with Gasteiger partial charge in [0.15, 0.2) is 0 Å². The molecule has 0 fully saturated rings. The molecular formula is C16H16ClNO2. The van der Waals surface area contributed by atoms with E-state index in [2.05, 4.69) is 0 Å². The molecule has 0 saturated heterocycles. The number of rotatable bonds is 4. The van der Waals surface area contributed by atoms with Crippen molar-refractivity contribution >= 4 is 17.5 Å². The minimum atomic E-state index is -0.539. The average molecular weight is 290 g/mol. The lowest BCUT2D eigenvalue weighted by Crippen LogP contribution is -2.11. The maximum Gasteiger partial charge on any atom is 0.250 e. The highest BCUT2D eigenvalue weighted by molar-refractivity contribution is 6.34. The summed E-state index contributed by atoms with van der Waals surface area (Å²) < 4.78 is 0. The van der Waals surface area contributed by atoms with Gasteiger partial charge in [0, 0.05) is 0 Å². The van der Waals surface area contributed by atoms with Crippen LogP contribution < -0.4 is 5.73 Å². The molecule has 0 aliphatic heterocycles. The van der Waals surface area contributed by atoms with Crippen LogP contribution in [0.5, 0.6) is 0 Å². The quantitative estimate of drug-likeness (QED) is 0.904. The standard InChI is InChI=1S/C16H16ClNO2/c1-2-15(19)11-5-3-10(4-6-11)12-7-8-13(16(18)20)14(17)9-12/h3-9,15,19H,2H2,1H3,(H2,18,20)/t15-/m0/s1. The normalized spacial score (nSPS) is 12.2. The molecular weight excluding hydrogens is 274 g/mol. The molecule has 2 aromatic rings. The van der Waals surface area contributed by atoms with Gasteiger partial charge in [-0.3, -0.25) is 4.79 Å². The zero-order valence-electron chi connectivity index (χ0n) is 11.1. The second-order valence-corrected chi connectivity index (χ2v) is 5.01. The van der Waals surface area contributed by atoms with Gasteiger partial charge >= 0.3 is 0 Å². The monoisotopic (exact) mass is 289 g/mol. The topological polar surface area (TPSA) is 63.3 Å². The van der Waals surface area contributed by atoms with Crippen molar-refractivity contribution in [3.05, 3.63) is 58.6 Å². The minimum Gasteiger partial charge on any atom is -0.388 e. The number of carbonyl (C=O) groups excluding carboxylic acids is 1. The summed E-state index contributed by atoms with van der Waals surface area (Å²) in [5.41, 5.74) is 8.29. The van der Waals surface area contributed by atoms with Crippen molar-refractivity contribution in [3.63, 3.8) is 0 Å². The zero-order valence-corrected chi connectivity index (χ0v) is 11.9. The summed E-state index contributed by atoms with van der Waals surface area (Å²) in [6, 6.07) is 12.8. The SMILES string of the molecule is CC[C@H](O)c1ccc(-c2ccc(C(N)=O)c(Cl)c2)cc1. The Kier molecular flexibility index (Phi) is 4.42. The molecule has 1 amide bonds. The van der Waals surface area contributed by atoms with E-state index in [1.54, 1.807) is 18.2 Å². The molecule has 0 unspecified atom stereocenters. The Morgan fingerprint density at radius 1 is 1.20 bits per heavy atom. The first-order valence-electron chi connectivity index (χ1n) is 6.40. The fraction of sp³-hybridized carbons (Fsp3) is 0.188. The molecule has 104 valence electrons. The van der Waals surface area contributed by atoms with Gasteiger partial charge < -0.3 is 10.8 Å². The number of hydrogen-bond acceptors (Lipinski definition) is 2. The Labute approximate surface area is 123 Å². The van der Waals surface area contributed by atoms with Gasteiger partial charge in [-0.2, -0.15) is 0 Å². The molecule has 0 heterocycles. The van der Waals surface area contributed by atoms with E-state index in [-0.39, 0.29) is 0 Å². The molecule has 3 N–H and O–H groups in total. The number of amides is 1. The molecule has 0 saturated carbocycles. The van der Waals surface area contributed by atoms with Gasteiger partial charge in [-0.25, -0.2) is 0 Å². The van der Waals surface area contributed by atoms with Gasteiger partial charge in [-0.05, 0) is 35.2 Å². The number of halogens is 1. The fourth-order valence-electron chi connectivity index (χ4n) is 2.03. The molecule has 3 nitrogen and oxygen atoms in total. The molecule has 2 aromatic carbocycles. The Balaban J connectivity index is 2.32. The lowest BCUT2D eigenvalue weighted by molar-refractivity contribution is 0.100. The van der Waals surface area contributed by atoms with Crippen molar-refractivity contribution < 1.29 is 9.90 Å². The summed E-state index contributed by atoms with van der Waals surface area (Å²) in [4.78, 5) is 11.1. The summed E-state index contributed by atoms with van der Waals surface area (Å²) in [5, 5.41) is 10.1. The Morgan fingerprint density at radius 2 is 1.80 bits per heavy atom. The zero-order chi connectivity index (χ0) is 14.7. The largest absolute Gasteiger partial charge is 0.388 e. The predicted octanol–water partition coefficient (Wildman–Crippen LogP) is 3.55. The van der Waals surface area contributed by atoms with Crippen LogP contribution in [-0.4, -0.2) is 11.0 Å². The Bertz CT molecular complexity index is 623. The maximum atomic E-state index is 11.1. The number of carbonyl (C=O) groups is 1. The third-order valence-electron chi connectivity index (χ3n) is 3.25. The summed E-state index contributed by atoms with van der Waals surface area (Å²) in [6.07, 6.45) is 0.239. The van der Waals surface area contributed by atoms with E-state index in [4.69, 9.17) is 17.3 Å². The van der Waals surface area contributed by atoms with E-state index in [9.17, 15) is 9.90 Å². The maximum absolute atomic E-state index is 11.1. The molecule has 0 radical (unpaired) electrons. The molecule has 4 heteroatoms. The molecule has 0 spiro atoms. The van der Waals surface area contributed by atoms with Gasteiger partial charge in [0.05, 0.1) is 16.7 Å². The van der Waals surface area contributed by atoms with Crippen molar-refractivity contribution in [1.82, 2.24) is 0 Å². The summed E-state index contributed by atoms with van der Waals surface area (Å²) in [7, 11) is 0. The van der Waals surface area contributed by atoms with Crippen molar-refractivity contribution in [3.8, 4) is 11.1 Å². The van der Waals surface area contributed by atoms with Crippen LogP contribution in [-0.2, 0) is 0 Å². The van der Waals surface area contributed by atoms with Crippen LogP contribution in [0.4, 0.5) is 0 Å². The number of hydrogen-bond donors (Lipinski definition) is 2. The average Bonchev–Trinajstić information content (AvgIpc) is 2.46. The summed E-state index contributed by atoms with van der Waals surface area (Å²) in [5.74, 6) is -0.539. The van der Waals surface area contributed by atoms with Crippen LogP contribution in [0.3, 0.4) is 0 Å². The van der Waals surface area contributed by atoms with Crippen LogP contribution in [0.15, 0.2) is 42.5 Å². The van der Waals surface area contributed by atoms with E-state index >= 15 is 0 Å². The molecule has 2 rings (SSSR count). The van der Waals surface area contributed by atoms with E-state index in [1.807, 2.05) is 31.2 Å². The number of aliphatic hydroxyl groups is 1. The van der Waals surface area contributed by atoms with Crippen LogP contribution in [0.1, 0.15) is 35.4 Å². The Morgan fingerprint density at radius 3 is 2.30 bits per heavy atom. The van der Waals surface area contributed by atoms with Gasteiger partial charge in [-0.15, -0.1) is 0 Å². The summed E-state index contributed by atoms with van der Waals surface area (Å²) >= 11 is 6.04. The number of primary amides is 1. The van der Waals surface area contributed by atoms with Gasteiger partial charge in [-0.1, -0.05) is 48.9 Å². The lowest BCUT2D eigenvalue weighted by Gasteiger charge is -2.10. The van der Waals surface area contributed by atoms with Gasteiger partial charge in [0.2, 0.25) is 5.91 Å². The van der Waals surface area contributed by atoms with Crippen LogP contribution in [0.2, 0.25) is 5.02 Å². The predicted molar refractivity (Wildman–Crippen MR) is 80.7 cm³/mol. The van der Waals surface area contributed by atoms with Crippen LogP contribution >= 0.6 is 11.6 Å². The first-order chi connectivity index (χ1) is 9.52. The number of aliphatic hydroxyl groups excluding tert-OH is 1. The highest BCUT2D eigenvalue weighted by Gasteiger charge is 2.09. The first-order valence-corrected chi connectivity index (χ1v) is 6.78. The number of nitrogens with two attached hydrogens (primary N) is 1. The smallest absolute Gasteiger partial charge is 0.250 e. The van der Waals surface area contributed by atoms with Crippen molar-refractivity contribution in [2.45, 2.75) is 19.4 Å². The third kappa shape index (κ3) is 3.00. The first kappa shape index (κ1) is 14.6. The second-order valence-electron chi connectivity index (χ2n) is 4.60. The highest BCUT2D eigenvalue weighted by Crippen LogP contribution is 2.27. The van der Waals surface area contributed by atoms with Crippen LogP contribution in [0.25, 0.3) is 11.1 Å². The molecule has 0 aliphatic carbocycles. The van der Waals surface area contributed by atoms with Crippen molar-refractivity contribution in [2.24, 2.45) is 5.73 Å². The molecule has 0 aliphatic rings. The van der Waals surface area contributed by atoms with E-state index in [0.717, 1.165) is 16.7 Å². The van der Waals surface area contributed by atoms with Crippen LogP contribution in [0, 0.1) is 0 Å². The third-order valence-corrected chi connectivity index (χ3v) is 3.56. The second kappa shape index (κ2) is 6.07. The van der Waals surface area contributed by atoms with E-state index < -0.39 is 12.0 Å². The molecule has 0 aromatic heterocycles.